The van der Waals surface area contributed by atoms with Gasteiger partial charge >= 0.3 is 0 Å². The van der Waals surface area contributed by atoms with Crippen LogP contribution in [0.4, 0.5) is 16.6 Å². The molecule has 0 bridgehead atoms. The molecule has 1 aromatic carbocycles. The van der Waals surface area contributed by atoms with Crippen molar-refractivity contribution in [2.24, 2.45) is 5.10 Å². The van der Waals surface area contributed by atoms with E-state index in [1.165, 1.54) is 28.3 Å². The topological polar surface area (TPSA) is 162 Å². The summed E-state index contributed by atoms with van der Waals surface area (Å²) in [6.45, 7) is 1.75. The molecule has 2 heterocycles. The van der Waals surface area contributed by atoms with E-state index in [4.69, 9.17) is 0 Å². The lowest BCUT2D eigenvalue weighted by Crippen LogP contribution is -2.14. The van der Waals surface area contributed by atoms with E-state index < -0.39 is 4.92 Å². The van der Waals surface area contributed by atoms with Crippen molar-refractivity contribution < 1.29 is 9.72 Å². The van der Waals surface area contributed by atoms with Crippen molar-refractivity contribution in [1.29, 1.82) is 5.26 Å². The highest BCUT2D eigenvalue weighted by Gasteiger charge is 2.23. The van der Waals surface area contributed by atoms with Gasteiger partial charge in [-0.25, -0.2) is 10.5 Å². The van der Waals surface area contributed by atoms with E-state index in [0.29, 0.717) is 27.4 Å². The van der Waals surface area contributed by atoms with Crippen LogP contribution in [0.2, 0.25) is 0 Å². The molecule has 0 unspecified atom stereocenters. The Morgan fingerprint density at radius 1 is 1.39 bits per heavy atom. The molecule has 0 atom stereocenters. The van der Waals surface area contributed by atoms with Crippen LogP contribution in [0.5, 0.6) is 0 Å². The van der Waals surface area contributed by atoms with Crippen LogP contribution in [0.1, 0.15) is 34.9 Å². The number of carbonyl (C=O) groups is 1. The molecule has 2 aromatic heterocycles. The quantitative estimate of drug-likeness (QED) is 0.189. The second kappa shape index (κ2) is 9.80. The lowest BCUT2D eigenvalue weighted by Gasteiger charge is -2.02. The minimum atomic E-state index is -0.461. The van der Waals surface area contributed by atoms with Crippen molar-refractivity contribution in [2.45, 2.75) is 31.3 Å². The Labute approximate surface area is 196 Å². The number of aromatic amines is 1. The highest BCUT2D eigenvalue weighted by atomic mass is 32.2. The number of benzene rings is 1. The number of thioether (sulfide) groups is 1. The van der Waals surface area contributed by atoms with Gasteiger partial charge in [0.15, 0.2) is 0 Å². The molecule has 3 N–H and O–H groups in total. The normalized spacial score (nSPS) is 12.8. The van der Waals surface area contributed by atoms with Crippen LogP contribution in [-0.4, -0.2) is 37.5 Å². The van der Waals surface area contributed by atoms with Gasteiger partial charge in [-0.3, -0.25) is 14.9 Å². The highest BCUT2D eigenvalue weighted by Crippen LogP contribution is 2.38. The van der Waals surface area contributed by atoms with Gasteiger partial charge in [0.2, 0.25) is 17.0 Å². The largest absolute Gasteiger partial charge is 0.316 e. The average Bonchev–Trinajstić information content (AvgIpc) is 3.52. The van der Waals surface area contributed by atoms with Crippen molar-refractivity contribution in [3.8, 4) is 6.07 Å². The number of hydrogen-bond acceptors (Lipinski definition) is 10. The van der Waals surface area contributed by atoms with Gasteiger partial charge in [0.25, 0.3) is 5.69 Å². The van der Waals surface area contributed by atoms with Crippen LogP contribution in [0.15, 0.2) is 34.5 Å². The first kappa shape index (κ1) is 22.4. The summed E-state index contributed by atoms with van der Waals surface area (Å²) in [4.78, 5) is 28.0. The van der Waals surface area contributed by atoms with Crippen LogP contribution in [-0.2, 0) is 17.6 Å². The zero-order valence-electron chi connectivity index (χ0n) is 17.4. The predicted octanol–water partition coefficient (Wildman–Crippen LogP) is 3.70. The maximum atomic E-state index is 12.3. The van der Waals surface area contributed by atoms with Gasteiger partial charge in [0, 0.05) is 17.0 Å². The zero-order valence-corrected chi connectivity index (χ0v) is 19.0. The number of aryl methyl sites for hydroxylation is 1. The summed E-state index contributed by atoms with van der Waals surface area (Å²) < 4.78 is 0. The van der Waals surface area contributed by atoms with E-state index in [2.05, 4.69) is 37.1 Å². The molecular formula is C20H18N8O3S2. The second-order valence-corrected chi connectivity index (χ2v) is 9.14. The first-order chi connectivity index (χ1) is 15.9. The number of nitrogens with one attached hydrogen (secondary N) is 3. The van der Waals surface area contributed by atoms with E-state index in [1.807, 2.05) is 0 Å². The van der Waals surface area contributed by atoms with Crippen molar-refractivity contribution in [2.75, 3.05) is 16.5 Å². The monoisotopic (exact) mass is 482 g/mol. The number of rotatable bonds is 8. The standard InChI is InChI=1S/C20H18N8O3S2/c1-11(12-5-7-13(8-6-12)28(30)31)24-25-19-23-20(27-26-19)32-10-17(29)22-18-15(9-21)14-3-2-4-16(14)33-18/h5-8H,2-4,10H2,1H3,(H,22,29)(H2,23,25,26,27)/b24-11-. The van der Waals surface area contributed by atoms with Crippen LogP contribution in [0, 0.1) is 21.4 Å². The number of fused-ring (bicyclic) bond motifs is 1. The molecule has 168 valence electrons. The number of hydrazone groups is 1. The summed E-state index contributed by atoms with van der Waals surface area (Å²) in [5.74, 6) is 0.152. The van der Waals surface area contributed by atoms with Gasteiger partial charge in [0.05, 0.1) is 22.0 Å². The van der Waals surface area contributed by atoms with Crippen LogP contribution in [0.25, 0.3) is 0 Å². The molecule has 0 fully saturated rings. The van der Waals surface area contributed by atoms with E-state index in [9.17, 15) is 20.2 Å². The smallest absolute Gasteiger partial charge is 0.269 e. The Morgan fingerprint density at radius 2 is 2.18 bits per heavy atom. The average molecular weight is 483 g/mol. The minimum Gasteiger partial charge on any atom is -0.316 e. The second-order valence-electron chi connectivity index (χ2n) is 7.09. The number of thiophene rings is 1. The number of amides is 1. The third-order valence-electron chi connectivity index (χ3n) is 4.91. The van der Waals surface area contributed by atoms with Crippen LogP contribution < -0.4 is 10.7 Å². The molecule has 0 saturated heterocycles. The molecule has 0 saturated carbocycles. The molecule has 33 heavy (non-hydrogen) atoms. The molecule has 1 aliphatic rings. The summed E-state index contributed by atoms with van der Waals surface area (Å²) in [6, 6.07) is 8.25. The zero-order chi connectivity index (χ0) is 23.4. The molecule has 0 aliphatic heterocycles. The lowest BCUT2D eigenvalue weighted by molar-refractivity contribution is -0.384. The van der Waals surface area contributed by atoms with E-state index >= 15 is 0 Å². The molecule has 0 spiro atoms. The molecule has 1 aliphatic carbocycles. The number of aromatic nitrogens is 3. The fourth-order valence-electron chi connectivity index (χ4n) is 3.29. The maximum Gasteiger partial charge on any atom is 0.269 e. The number of nitro benzene ring substituents is 1. The van der Waals surface area contributed by atoms with E-state index in [-0.39, 0.29) is 17.3 Å². The van der Waals surface area contributed by atoms with Gasteiger partial charge in [-0.1, -0.05) is 11.8 Å². The number of anilines is 2. The van der Waals surface area contributed by atoms with Crippen LogP contribution in [0.3, 0.4) is 0 Å². The molecule has 0 radical (unpaired) electrons. The Balaban J connectivity index is 1.30. The number of nitriles is 1. The van der Waals surface area contributed by atoms with Gasteiger partial charge in [-0.15, -0.1) is 16.4 Å². The Kier molecular flexibility index (Phi) is 6.66. The maximum absolute atomic E-state index is 12.3. The molecular weight excluding hydrogens is 464 g/mol. The van der Waals surface area contributed by atoms with Crippen LogP contribution >= 0.6 is 23.1 Å². The lowest BCUT2D eigenvalue weighted by atomic mass is 10.1. The number of nitro groups is 1. The van der Waals surface area contributed by atoms with E-state index in [1.54, 1.807) is 19.1 Å². The molecule has 4 rings (SSSR count). The first-order valence-electron chi connectivity index (χ1n) is 9.89. The fourth-order valence-corrected chi connectivity index (χ4v) is 5.14. The first-order valence-corrected chi connectivity index (χ1v) is 11.7. The molecule has 11 nitrogen and oxygen atoms in total. The van der Waals surface area contributed by atoms with E-state index in [0.717, 1.165) is 42.2 Å². The molecule has 1 amide bonds. The predicted molar refractivity (Wildman–Crippen MR) is 126 cm³/mol. The number of nitrogens with zero attached hydrogens (tertiary/aromatic N) is 5. The molecule has 13 heteroatoms. The summed E-state index contributed by atoms with van der Waals surface area (Å²) in [5, 5.41) is 34.9. The number of carbonyl (C=O) groups excluding carboxylic acids is 1. The van der Waals surface area contributed by atoms with Gasteiger partial charge in [0.1, 0.15) is 11.1 Å². The Morgan fingerprint density at radius 3 is 2.91 bits per heavy atom. The van der Waals surface area contributed by atoms with Gasteiger partial charge in [-0.05, 0) is 49.4 Å². The summed E-state index contributed by atoms with van der Waals surface area (Å²) in [7, 11) is 0. The third-order valence-corrected chi connectivity index (χ3v) is 6.96. The van der Waals surface area contributed by atoms with Gasteiger partial charge in [-0.2, -0.15) is 15.3 Å². The Hall–Kier alpha value is -3.76. The third kappa shape index (κ3) is 5.18. The number of H-pyrrole nitrogens is 1. The number of hydrogen-bond donors (Lipinski definition) is 3. The van der Waals surface area contributed by atoms with Crippen molar-refractivity contribution in [3.63, 3.8) is 0 Å². The van der Waals surface area contributed by atoms with Crippen molar-refractivity contribution in [1.82, 2.24) is 15.2 Å². The summed E-state index contributed by atoms with van der Waals surface area (Å²) in [5.41, 5.74) is 5.72. The number of non-ortho nitro benzene ring substituents is 1. The summed E-state index contributed by atoms with van der Waals surface area (Å²) >= 11 is 2.63. The Bertz CT molecular complexity index is 1270. The van der Waals surface area contributed by atoms with Crippen molar-refractivity contribution >= 4 is 51.4 Å². The summed E-state index contributed by atoms with van der Waals surface area (Å²) in [6.07, 6.45) is 2.90. The van der Waals surface area contributed by atoms with Crippen molar-refractivity contribution in [3.05, 3.63) is 55.9 Å². The fraction of sp³-hybridized carbons (Fsp3) is 0.250. The van der Waals surface area contributed by atoms with Gasteiger partial charge < -0.3 is 5.32 Å². The highest BCUT2D eigenvalue weighted by molar-refractivity contribution is 7.99. The SMILES string of the molecule is C/C(=N/Nc1nc(SCC(=O)Nc2sc3c(c2C#N)CCC3)n[nH]1)c1ccc([N+](=O)[O-])cc1. The molecule has 3 aromatic rings. The minimum absolute atomic E-state index is 0.00692.